The first kappa shape index (κ1) is 6.05. The van der Waals surface area contributed by atoms with Gasteiger partial charge in [-0.1, -0.05) is 0 Å². The first-order chi connectivity index (χ1) is 3.83. The third kappa shape index (κ3) is 1.20. The Labute approximate surface area is 50.4 Å². The lowest BCUT2D eigenvalue weighted by Crippen LogP contribution is -2.40. The standard InChI is InChI=1S/C6H14N2/c1-8-4-5-2-6(7)3-5/h5-6,8H,2-4,7H2,1H3. The molecule has 3 N–H and O–H groups in total. The molecule has 2 heteroatoms. The fraction of sp³-hybridized carbons (Fsp3) is 1.00. The zero-order valence-corrected chi connectivity index (χ0v) is 5.35. The first-order valence-corrected chi connectivity index (χ1v) is 3.23. The minimum atomic E-state index is 0.508. The van der Waals surface area contributed by atoms with Crippen LogP contribution in [0.1, 0.15) is 12.8 Å². The van der Waals surface area contributed by atoms with Crippen LogP contribution in [0.15, 0.2) is 0 Å². The van der Waals surface area contributed by atoms with E-state index in [9.17, 15) is 0 Å². The van der Waals surface area contributed by atoms with Gasteiger partial charge in [-0.15, -0.1) is 0 Å². The third-order valence-corrected chi connectivity index (χ3v) is 1.76. The summed E-state index contributed by atoms with van der Waals surface area (Å²) in [5.41, 5.74) is 5.57. The molecular weight excluding hydrogens is 100 g/mol. The summed E-state index contributed by atoms with van der Waals surface area (Å²) in [5.74, 6) is 0.870. The van der Waals surface area contributed by atoms with Crippen LogP contribution in [0.3, 0.4) is 0 Å². The van der Waals surface area contributed by atoms with Crippen LogP contribution in [0.25, 0.3) is 0 Å². The zero-order chi connectivity index (χ0) is 5.98. The van der Waals surface area contributed by atoms with Gasteiger partial charge in [0.05, 0.1) is 0 Å². The SMILES string of the molecule is CNCC1CC(N)C1. The van der Waals surface area contributed by atoms with Gasteiger partial charge < -0.3 is 11.1 Å². The van der Waals surface area contributed by atoms with Crippen LogP contribution < -0.4 is 11.1 Å². The Morgan fingerprint density at radius 1 is 1.62 bits per heavy atom. The Hall–Kier alpha value is -0.0800. The van der Waals surface area contributed by atoms with E-state index in [1.54, 1.807) is 0 Å². The second-order valence-electron chi connectivity index (χ2n) is 2.66. The van der Waals surface area contributed by atoms with Crippen LogP contribution in [0, 0.1) is 5.92 Å². The molecule has 0 heterocycles. The lowest BCUT2D eigenvalue weighted by atomic mass is 9.81. The molecule has 1 aliphatic rings. The van der Waals surface area contributed by atoms with Gasteiger partial charge in [-0.25, -0.2) is 0 Å². The molecule has 48 valence electrons. The van der Waals surface area contributed by atoms with Crippen LogP contribution in [-0.4, -0.2) is 19.6 Å². The average Bonchev–Trinajstić information content (AvgIpc) is 1.64. The molecule has 0 bridgehead atoms. The van der Waals surface area contributed by atoms with Crippen molar-refractivity contribution in [1.29, 1.82) is 0 Å². The lowest BCUT2D eigenvalue weighted by molar-refractivity contribution is 0.261. The highest BCUT2D eigenvalue weighted by atomic mass is 14.8. The van der Waals surface area contributed by atoms with Crippen molar-refractivity contribution in [1.82, 2.24) is 5.32 Å². The van der Waals surface area contributed by atoms with E-state index < -0.39 is 0 Å². The molecule has 1 fully saturated rings. The number of nitrogens with one attached hydrogen (secondary N) is 1. The molecule has 1 rings (SSSR count). The van der Waals surface area contributed by atoms with Crippen molar-refractivity contribution in [2.45, 2.75) is 18.9 Å². The molecular formula is C6H14N2. The van der Waals surface area contributed by atoms with Gasteiger partial charge >= 0.3 is 0 Å². The lowest BCUT2D eigenvalue weighted by Gasteiger charge is -2.31. The highest BCUT2D eigenvalue weighted by Gasteiger charge is 2.24. The Bertz CT molecular complexity index is 64.2. The molecule has 0 saturated heterocycles. The summed E-state index contributed by atoms with van der Waals surface area (Å²) in [6, 6.07) is 0.508. The third-order valence-electron chi connectivity index (χ3n) is 1.76. The molecule has 2 nitrogen and oxygen atoms in total. The summed E-state index contributed by atoms with van der Waals surface area (Å²) in [5, 5.41) is 3.13. The summed E-state index contributed by atoms with van der Waals surface area (Å²) >= 11 is 0. The van der Waals surface area contributed by atoms with Crippen molar-refractivity contribution in [2.24, 2.45) is 11.7 Å². The molecule has 8 heavy (non-hydrogen) atoms. The van der Waals surface area contributed by atoms with Crippen molar-refractivity contribution in [3.63, 3.8) is 0 Å². The second-order valence-corrected chi connectivity index (χ2v) is 2.66. The van der Waals surface area contributed by atoms with E-state index >= 15 is 0 Å². The van der Waals surface area contributed by atoms with Crippen LogP contribution in [0.2, 0.25) is 0 Å². The topological polar surface area (TPSA) is 38.0 Å². The van der Waals surface area contributed by atoms with Crippen molar-refractivity contribution < 1.29 is 0 Å². The van der Waals surface area contributed by atoms with E-state index in [-0.39, 0.29) is 0 Å². The Morgan fingerprint density at radius 3 is 2.62 bits per heavy atom. The Morgan fingerprint density at radius 2 is 2.25 bits per heavy atom. The highest BCUT2D eigenvalue weighted by molar-refractivity contribution is 4.82. The summed E-state index contributed by atoms with van der Waals surface area (Å²) in [4.78, 5) is 0. The Kier molecular flexibility index (Phi) is 1.86. The summed E-state index contributed by atoms with van der Waals surface area (Å²) in [6.07, 6.45) is 2.45. The van der Waals surface area contributed by atoms with Crippen molar-refractivity contribution in [3.8, 4) is 0 Å². The molecule has 0 atom stereocenters. The summed E-state index contributed by atoms with van der Waals surface area (Å²) in [6.45, 7) is 1.15. The maximum absolute atomic E-state index is 5.57. The molecule has 0 aromatic heterocycles. The molecule has 0 radical (unpaired) electrons. The second kappa shape index (κ2) is 2.46. The molecule has 0 aliphatic heterocycles. The van der Waals surface area contributed by atoms with Gasteiger partial charge in [0.1, 0.15) is 0 Å². The number of hydrogen-bond donors (Lipinski definition) is 2. The van der Waals surface area contributed by atoms with E-state index in [2.05, 4.69) is 5.32 Å². The quantitative estimate of drug-likeness (QED) is 0.528. The molecule has 1 saturated carbocycles. The van der Waals surface area contributed by atoms with E-state index in [1.165, 1.54) is 12.8 Å². The van der Waals surface area contributed by atoms with Crippen LogP contribution >= 0.6 is 0 Å². The molecule has 0 spiro atoms. The van der Waals surface area contributed by atoms with Gasteiger partial charge in [0.25, 0.3) is 0 Å². The normalized spacial score (nSPS) is 36.8. The van der Waals surface area contributed by atoms with Gasteiger partial charge in [-0.05, 0) is 32.4 Å². The number of rotatable bonds is 2. The molecule has 0 aromatic carbocycles. The van der Waals surface area contributed by atoms with E-state index in [1.807, 2.05) is 7.05 Å². The predicted molar refractivity (Wildman–Crippen MR) is 34.6 cm³/mol. The zero-order valence-electron chi connectivity index (χ0n) is 5.35. The molecule has 0 aromatic rings. The van der Waals surface area contributed by atoms with E-state index in [0.29, 0.717) is 6.04 Å². The smallest absolute Gasteiger partial charge is 0.00450 e. The van der Waals surface area contributed by atoms with Gasteiger partial charge in [-0.2, -0.15) is 0 Å². The van der Waals surface area contributed by atoms with Crippen LogP contribution in [0.5, 0.6) is 0 Å². The van der Waals surface area contributed by atoms with Gasteiger partial charge in [-0.3, -0.25) is 0 Å². The highest BCUT2D eigenvalue weighted by Crippen LogP contribution is 2.23. The van der Waals surface area contributed by atoms with Gasteiger partial charge in [0.15, 0.2) is 0 Å². The minimum absolute atomic E-state index is 0.508. The fourth-order valence-corrected chi connectivity index (χ4v) is 1.24. The van der Waals surface area contributed by atoms with Crippen LogP contribution in [0.4, 0.5) is 0 Å². The monoisotopic (exact) mass is 114 g/mol. The van der Waals surface area contributed by atoms with E-state index in [4.69, 9.17) is 5.73 Å². The average molecular weight is 114 g/mol. The fourth-order valence-electron chi connectivity index (χ4n) is 1.24. The predicted octanol–water partition coefficient (Wildman–Crippen LogP) is -0.0569. The van der Waals surface area contributed by atoms with Gasteiger partial charge in [0.2, 0.25) is 0 Å². The minimum Gasteiger partial charge on any atom is -0.328 e. The summed E-state index contributed by atoms with van der Waals surface area (Å²) in [7, 11) is 1.99. The largest absolute Gasteiger partial charge is 0.328 e. The number of hydrogen-bond acceptors (Lipinski definition) is 2. The molecule has 0 amide bonds. The molecule has 0 unspecified atom stereocenters. The summed E-state index contributed by atoms with van der Waals surface area (Å²) < 4.78 is 0. The maximum Gasteiger partial charge on any atom is 0.00450 e. The Balaban J connectivity index is 1.98. The van der Waals surface area contributed by atoms with E-state index in [0.717, 1.165) is 12.5 Å². The van der Waals surface area contributed by atoms with Crippen molar-refractivity contribution in [2.75, 3.05) is 13.6 Å². The van der Waals surface area contributed by atoms with Crippen LogP contribution in [-0.2, 0) is 0 Å². The number of nitrogens with two attached hydrogens (primary N) is 1. The maximum atomic E-state index is 5.57. The van der Waals surface area contributed by atoms with Gasteiger partial charge in [0, 0.05) is 6.04 Å². The van der Waals surface area contributed by atoms with Crippen molar-refractivity contribution >= 4 is 0 Å². The van der Waals surface area contributed by atoms with Crippen molar-refractivity contribution in [3.05, 3.63) is 0 Å². The first-order valence-electron chi connectivity index (χ1n) is 3.23. The molecule has 1 aliphatic carbocycles.